The van der Waals surface area contributed by atoms with Crippen LogP contribution in [0.15, 0.2) is 0 Å². The van der Waals surface area contributed by atoms with E-state index in [2.05, 4.69) is 10.0 Å². The second-order valence-corrected chi connectivity index (χ2v) is 1.12. The molecule has 0 aromatic rings. The number of hydrogen-bond donors (Lipinski definition) is 3. The van der Waals surface area contributed by atoms with Crippen molar-refractivity contribution in [1.29, 1.82) is 0 Å². The van der Waals surface area contributed by atoms with Crippen LogP contribution in [-0.4, -0.2) is 11.3 Å². The summed E-state index contributed by atoms with van der Waals surface area (Å²) >= 11 is 0.444. The number of nitrogens with two attached hydrogens (primary N) is 1. The van der Waals surface area contributed by atoms with E-state index in [0.29, 0.717) is 12.2 Å². The highest BCUT2D eigenvalue weighted by Gasteiger charge is 1.91. The fourth-order valence-corrected chi connectivity index (χ4v) is 0.179. The van der Waals surface area contributed by atoms with Crippen LogP contribution in [0.5, 0.6) is 0 Å². The molecule has 0 saturated heterocycles. The molecule has 0 aliphatic rings. The van der Waals surface area contributed by atoms with Crippen LogP contribution in [0.4, 0.5) is 4.79 Å². The summed E-state index contributed by atoms with van der Waals surface area (Å²) in [5, 5.41) is 7.71. The minimum atomic E-state index is -1.37. The van der Waals surface area contributed by atoms with Gasteiger partial charge in [-0.15, -0.1) is 0 Å². The smallest absolute Gasteiger partial charge is 0.449 e. The first kappa shape index (κ1) is 6.54. The van der Waals surface area contributed by atoms with Crippen LogP contribution in [0.3, 0.4) is 0 Å². The van der Waals surface area contributed by atoms with Crippen molar-refractivity contribution < 1.29 is 14.1 Å². The van der Waals surface area contributed by atoms with E-state index in [1.165, 1.54) is 0 Å². The van der Waals surface area contributed by atoms with Crippen molar-refractivity contribution in [3.05, 3.63) is 0 Å². The first-order chi connectivity index (χ1) is 3.27. The highest BCUT2D eigenvalue weighted by atomic mass is 32.2. The van der Waals surface area contributed by atoms with Gasteiger partial charge in [0.1, 0.15) is 0 Å². The third-order valence-corrected chi connectivity index (χ3v) is 0.483. The molecule has 0 aliphatic heterocycles. The van der Waals surface area contributed by atoms with E-state index in [0.717, 1.165) is 0 Å². The normalized spacial score (nSPS) is 8.14. The molecule has 0 fully saturated rings. The standard InChI is InChI=1S/CH4N2O3S/c2-3-7-6-1(4)5/h3H,2H2,(H,4,5). The van der Waals surface area contributed by atoms with Crippen LogP contribution in [0.25, 0.3) is 0 Å². The molecule has 42 valence electrons. The van der Waals surface area contributed by atoms with Crippen molar-refractivity contribution in [2.45, 2.75) is 0 Å². The molecule has 0 unspecified atom stereocenters. The second-order valence-electron chi connectivity index (χ2n) is 0.550. The van der Waals surface area contributed by atoms with Crippen molar-refractivity contribution in [3.8, 4) is 0 Å². The van der Waals surface area contributed by atoms with Crippen LogP contribution < -0.4 is 10.7 Å². The number of hydrogen-bond acceptors (Lipinski definition) is 5. The van der Waals surface area contributed by atoms with Crippen LogP contribution in [0.1, 0.15) is 0 Å². The number of carbonyl (C=O) groups is 1. The van der Waals surface area contributed by atoms with Gasteiger partial charge in [0.2, 0.25) is 0 Å². The molecule has 0 saturated carbocycles. The van der Waals surface area contributed by atoms with Crippen LogP contribution in [-0.2, 0) is 4.18 Å². The molecule has 0 spiro atoms. The Balaban J connectivity index is 2.82. The van der Waals surface area contributed by atoms with Crippen LogP contribution in [0.2, 0.25) is 0 Å². The van der Waals surface area contributed by atoms with E-state index in [1.807, 2.05) is 4.83 Å². The summed E-state index contributed by atoms with van der Waals surface area (Å²) in [6, 6.07) is 0. The number of hydrazine groups is 1. The lowest BCUT2D eigenvalue weighted by molar-refractivity contribution is 0.152. The van der Waals surface area contributed by atoms with Gasteiger partial charge in [0.15, 0.2) is 12.2 Å². The Morgan fingerprint density at radius 1 is 2.00 bits per heavy atom. The monoisotopic (exact) mass is 124 g/mol. The molecule has 0 aliphatic carbocycles. The van der Waals surface area contributed by atoms with E-state index in [4.69, 9.17) is 5.11 Å². The third kappa shape index (κ3) is 5.54. The predicted molar refractivity (Wildman–Crippen MR) is 24.0 cm³/mol. The minimum Gasteiger partial charge on any atom is -0.449 e. The van der Waals surface area contributed by atoms with Gasteiger partial charge in [-0.1, -0.05) is 0 Å². The Morgan fingerprint density at radius 2 is 2.57 bits per heavy atom. The van der Waals surface area contributed by atoms with E-state index in [9.17, 15) is 4.79 Å². The van der Waals surface area contributed by atoms with Gasteiger partial charge in [0, 0.05) is 0 Å². The van der Waals surface area contributed by atoms with Crippen molar-refractivity contribution in [2.24, 2.45) is 5.84 Å². The summed E-state index contributed by atoms with van der Waals surface area (Å²) in [7, 11) is 0. The van der Waals surface area contributed by atoms with Gasteiger partial charge < -0.3 is 9.29 Å². The van der Waals surface area contributed by atoms with E-state index in [1.54, 1.807) is 0 Å². The van der Waals surface area contributed by atoms with Gasteiger partial charge in [0.25, 0.3) is 0 Å². The minimum absolute atomic E-state index is 0.444. The molecule has 0 rings (SSSR count). The molecular weight excluding hydrogens is 120 g/mol. The zero-order chi connectivity index (χ0) is 5.70. The SMILES string of the molecule is NNSOC(=O)O. The lowest BCUT2D eigenvalue weighted by Gasteiger charge is -1.90. The molecule has 0 aromatic carbocycles. The fraction of sp³-hybridized carbons (Fsp3) is 0. The molecule has 0 bridgehead atoms. The fourth-order valence-electron chi connectivity index (χ4n) is 0.0597. The number of carboxylic acid groups (broad SMARTS) is 1. The summed E-state index contributed by atoms with van der Waals surface area (Å²) in [6.45, 7) is 0. The Kier molecular flexibility index (Phi) is 3.48. The van der Waals surface area contributed by atoms with Gasteiger partial charge in [0.05, 0.1) is 0 Å². The van der Waals surface area contributed by atoms with Gasteiger partial charge in [-0.05, 0) is 0 Å². The topological polar surface area (TPSA) is 84.6 Å². The van der Waals surface area contributed by atoms with Crippen molar-refractivity contribution >= 4 is 18.4 Å². The molecule has 0 atom stereocenters. The van der Waals surface area contributed by atoms with Crippen molar-refractivity contribution in [2.75, 3.05) is 0 Å². The lowest BCUT2D eigenvalue weighted by Crippen LogP contribution is -2.13. The summed E-state index contributed by atoms with van der Waals surface area (Å²) < 4.78 is 3.79. The summed E-state index contributed by atoms with van der Waals surface area (Å²) in [5.74, 6) is 4.60. The van der Waals surface area contributed by atoms with E-state index in [-0.39, 0.29) is 0 Å². The lowest BCUT2D eigenvalue weighted by atomic mass is 11.5. The zero-order valence-corrected chi connectivity index (χ0v) is 4.07. The van der Waals surface area contributed by atoms with Gasteiger partial charge in [-0.2, -0.15) is 4.83 Å². The first-order valence-electron chi connectivity index (χ1n) is 1.29. The van der Waals surface area contributed by atoms with Crippen molar-refractivity contribution in [3.63, 3.8) is 0 Å². The van der Waals surface area contributed by atoms with Crippen LogP contribution in [0, 0.1) is 0 Å². The molecule has 4 N–H and O–H groups in total. The largest absolute Gasteiger partial charge is 0.519 e. The molecule has 0 heterocycles. The Bertz CT molecular complexity index is 66.0. The van der Waals surface area contributed by atoms with Crippen LogP contribution >= 0.6 is 12.2 Å². The second kappa shape index (κ2) is 3.72. The molecular formula is CH4N2O3S. The highest BCUT2D eigenvalue weighted by Crippen LogP contribution is 1.90. The Morgan fingerprint density at radius 3 is 2.71 bits per heavy atom. The number of rotatable bonds is 2. The molecule has 0 radical (unpaired) electrons. The van der Waals surface area contributed by atoms with E-state index < -0.39 is 6.16 Å². The highest BCUT2D eigenvalue weighted by molar-refractivity contribution is 7.93. The van der Waals surface area contributed by atoms with Gasteiger partial charge in [-0.3, -0.25) is 5.84 Å². The molecule has 0 amide bonds. The quantitative estimate of drug-likeness (QED) is 0.203. The molecule has 0 aromatic heterocycles. The third-order valence-electron chi connectivity index (χ3n) is 0.161. The average molecular weight is 124 g/mol. The first-order valence-corrected chi connectivity index (χ1v) is 2.03. The molecule has 7 heavy (non-hydrogen) atoms. The maximum absolute atomic E-state index is 9.42. The summed E-state index contributed by atoms with van der Waals surface area (Å²) in [5.41, 5.74) is 0. The predicted octanol–water partition coefficient (Wildman–Crippen LogP) is -0.293. The number of nitrogens with one attached hydrogen (secondary N) is 1. The molecule has 6 heteroatoms. The summed E-state index contributed by atoms with van der Waals surface area (Å²) in [6.07, 6.45) is -1.37. The Hall–Kier alpha value is -0.460. The zero-order valence-electron chi connectivity index (χ0n) is 3.25. The average Bonchev–Trinajstić information content (AvgIpc) is 1.61. The van der Waals surface area contributed by atoms with E-state index >= 15 is 0 Å². The maximum atomic E-state index is 9.42. The van der Waals surface area contributed by atoms with Gasteiger partial charge >= 0.3 is 6.16 Å². The Labute approximate surface area is 44.1 Å². The van der Waals surface area contributed by atoms with Crippen molar-refractivity contribution in [1.82, 2.24) is 4.83 Å². The molecule has 5 nitrogen and oxygen atoms in total. The summed E-state index contributed by atoms with van der Waals surface area (Å²) in [4.78, 5) is 11.3. The maximum Gasteiger partial charge on any atom is 0.519 e. The van der Waals surface area contributed by atoms with Gasteiger partial charge in [-0.25, -0.2) is 4.79 Å².